The van der Waals surface area contributed by atoms with Crippen molar-refractivity contribution in [3.63, 3.8) is 0 Å². The smallest absolute Gasteiger partial charge is 0.407 e. The molecule has 12 heavy (non-hydrogen) atoms. The Morgan fingerprint density at radius 3 is 2.92 bits per heavy atom. The fourth-order valence-electron chi connectivity index (χ4n) is 1.19. The van der Waals surface area contributed by atoms with Gasteiger partial charge in [0.2, 0.25) is 0 Å². The molecule has 1 saturated heterocycles. The minimum atomic E-state index is -0.960. The highest BCUT2D eigenvalue weighted by molar-refractivity contribution is 5.65. The van der Waals surface area contributed by atoms with E-state index in [-0.39, 0.29) is 13.2 Å². The molecule has 1 atom stereocenters. The second-order valence-electron chi connectivity index (χ2n) is 3.16. The molecule has 1 heterocycles. The summed E-state index contributed by atoms with van der Waals surface area (Å²) < 4.78 is 5.24. The van der Waals surface area contributed by atoms with Crippen molar-refractivity contribution in [2.45, 2.75) is 12.5 Å². The zero-order chi connectivity index (χ0) is 9.19. The zero-order valence-electron chi connectivity index (χ0n) is 6.99. The normalized spacial score (nSPS) is 30.3. The topological polar surface area (TPSA) is 70.0 Å². The molecule has 70 valence electrons. The van der Waals surface area contributed by atoms with Crippen molar-refractivity contribution < 1.29 is 19.7 Å². The van der Waals surface area contributed by atoms with Crippen LogP contribution in [0.2, 0.25) is 0 Å². The number of aliphatic hydroxyl groups is 1. The Morgan fingerprint density at radius 1 is 1.75 bits per heavy atom. The average Bonchev–Trinajstić information content (AvgIpc) is 2.05. The molecule has 0 aromatic heterocycles. The van der Waals surface area contributed by atoms with Crippen LogP contribution in [0.25, 0.3) is 0 Å². The molecular formula is C7H13NO4. The number of carboxylic acid groups (broad SMARTS) is 1. The Kier molecular flexibility index (Phi) is 2.54. The van der Waals surface area contributed by atoms with Crippen LogP contribution in [-0.2, 0) is 4.74 Å². The zero-order valence-corrected chi connectivity index (χ0v) is 6.99. The van der Waals surface area contributed by atoms with Gasteiger partial charge >= 0.3 is 6.09 Å². The monoisotopic (exact) mass is 175 g/mol. The maximum absolute atomic E-state index is 10.5. The lowest BCUT2D eigenvalue weighted by Gasteiger charge is -2.37. The van der Waals surface area contributed by atoms with Gasteiger partial charge in [-0.05, 0) is 6.92 Å². The van der Waals surface area contributed by atoms with Crippen LogP contribution in [0.4, 0.5) is 4.79 Å². The van der Waals surface area contributed by atoms with Crippen molar-refractivity contribution in [1.29, 1.82) is 0 Å². The van der Waals surface area contributed by atoms with E-state index in [9.17, 15) is 4.79 Å². The lowest BCUT2D eigenvalue weighted by atomic mass is 10.1. The highest BCUT2D eigenvalue weighted by Gasteiger charge is 2.33. The summed E-state index contributed by atoms with van der Waals surface area (Å²) in [6.45, 7) is 2.51. The Hall–Kier alpha value is -0.810. The Morgan fingerprint density at radius 2 is 2.42 bits per heavy atom. The lowest BCUT2D eigenvalue weighted by molar-refractivity contribution is -0.114. The number of hydrogen-bond acceptors (Lipinski definition) is 3. The van der Waals surface area contributed by atoms with Crippen molar-refractivity contribution in [1.82, 2.24) is 4.90 Å². The minimum absolute atomic E-state index is 0.156. The van der Waals surface area contributed by atoms with Gasteiger partial charge in [-0.2, -0.15) is 0 Å². The summed E-state index contributed by atoms with van der Waals surface area (Å²) in [7, 11) is 0. The molecule has 1 rings (SSSR count). The highest BCUT2D eigenvalue weighted by atomic mass is 16.5. The largest absolute Gasteiger partial charge is 0.465 e. The van der Waals surface area contributed by atoms with Gasteiger partial charge in [-0.15, -0.1) is 0 Å². The summed E-state index contributed by atoms with van der Waals surface area (Å²) in [5.74, 6) is 0. The Balaban J connectivity index is 2.57. The van der Waals surface area contributed by atoms with Gasteiger partial charge in [-0.25, -0.2) is 4.79 Å². The van der Waals surface area contributed by atoms with Crippen molar-refractivity contribution in [3.8, 4) is 0 Å². The SMILES string of the molecule is C[C@@]1(CO)CN(C(=O)O)CCO1. The molecular weight excluding hydrogens is 162 g/mol. The van der Waals surface area contributed by atoms with Crippen LogP contribution >= 0.6 is 0 Å². The predicted octanol–water partition coefficient (Wildman–Crippen LogP) is -0.252. The van der Waals surface area contributed by atoms with E-state index in [0.29, 0.717) is 13.2 Å². The van der Waals surface area contributed by atoms with Crippen molar-refractivity contribution in [2.75, 3.05) is 26.3 Å². The van der Waals surface area contributed by atoms with Crippen LogP contribution in [0.1, 0.15) is 6.92 Å². The molecule has 0 radical (unpaired) electrons. The van der Waals surface area contributed by atoms with E-state index in [1.807, 2.05) is 0 Å². The standard InChI is InChI=1S/C7H13NO4/c1-7(5-9)4-8(6(10)11)2-3-12-7/h9H,2-5H2,1H3,(H,10,11)/t7-/m0/s1. The van der Waals surface area contributed by atoms with Gasteiger partial charge in [0, 0.05) is 6.54 Å². The van der Waals surface area contributed by atoms with Crippen molar-refractivity contribution >= 4 is 6.09 Å². The van der Waals surface area contributed by atoms with Crippen LogP contribution < -0.4 is 0 Å². The summed E-state index contributed by atoms with van der Waals surface area (Å²) in [5, 5.41) is 17.6. The van der Waals surface area contributed by atoms with E-state index >= 15 is 0 Å². The maximum Gasteiger partial charge on any atom is 0.407 e. The third-order valence-corrected chi connectivity index (χ3v) is 1.94. The van der Waals surface area contributed by atoms with Crippen molar-refractivity contribution in [3.05, 3.63) is 0 Å². The summed E-state index contributed by atoms with van der Waals surface area (Å²) >= 11 is 0. The van der Waals surface area contributed by atoms with E-state index in [1.165, 1.54) is 4.90 Å². The van der Waals surface area contributed by atoms with Gasteiger partial charge in [0.05, 0.1) is 19.8 Å². The van der Waals surface area contributed by atoms with E-state index in [4.69, 9.17) is 14.9 Å². The first-order valence-electron chi connectivity index (χ1n) is 3.80. The van der Waals surface area contributed by atoms with Gasteiger partial charge in [-0.3, -0.25) is 0 Å². The molecule has 0 aromatic carbocycles. The first-order valence-corrected chi connectivity index (χ1v) is 3.80. The fourth-order valence-corrected chi connectivity index (χ4v) is 1.19. The number of morpholine rings is 1. The number of aliphatic hydroxyl groups excluding tert-OH is 1. The highest BCUT2D eigenvalue weighted by Crippen LogP contribution is 2.16. The molecule has 2 N–H and O–H groups in total. The second-order valence-corrected chi connectivity index (χ2v) is 3.16. The molecule has 0 aliphatic carbocycles. The summed E-state index contributed by atoms with van der Waals surface area (Å²) in [4.78, 5) is 11.8. The molecule has 1 amide bonds. The first kappa shape index (κ1) is 9.28. The van der Waals surface area contributed by atoms with Gasteiger partial charge in [0.1, 0.15) is 5.60 Å². The molecule has 0 saturated carbocycles. The van der Waals surface area contributed by atoms with E-state index in [1.54, 1.807) is 6.92 Å². The fraction of sp³-hybridized carbons (Fsp3) is 0.857. The Labute approximate surface area is 70.5 Å². The predicted molar refractivity (Wildman–Crippen MR) is 41.0 cm³/mol. The number of carbonyl (C=O) groups is 1. The summed E-state index contributed by atoms with van der Waals surface area (Å²) in [6.07, 6.45) is -0.960. The van der Waals surface area contributed by atoms with Crippen LogP contribution in [-0.4, -0.2) is 53.1 Å². The van der Waals surface area contributed by atoms with Gasteiger partial charge in [0.15, 0.2) is 0 Å². The van der Waals surface area contributed by atoms with E-state index in [2.05, 4.69) is 0 Å². The van der Waals surface area contributed by atoms with E-state index in [0.717, 1.165) is 0 Å². The Bertz CT molecular complexity index is 184. The number of hydrogen-bond donors (Lipinski definition) is 2. The summed E-state index contributed by atoms with van der Waals surface area (Å²) in [5.41, 5.74) is -0.726. The van der Waals surface area contributed by atoms with Crippen LogP contribution in [0.5, 0.6) is 0 Å². The maximum atomic E-state index is 10.5. The molecule has 0 unspecified atom stereocenters. The average molecular weight is 175 g/mol. The van der Waals surface area contributed by atoms with Gasteiger partial charge < -0.3 is 19.8 Å². The lowest BCUT2D eigenvalue weighted by Crippen LogP contribution is -2.53. The molecule has 0 spiro atoms. The number of rotatable bonds is 1. The number of ether oxygens (including phenoxy) is 1. The van der Waals surface area contributed by atoms with Gasteiger partial charge in [0.25, 0.3) is 0 Å². The van der Waals surface area contributed by atoms with Crippen LogP contribution in [0.3, 0.4) is 0 Å². The third kappa shape index (κ3) is 1.86. The van der Waals surface area contributed by atoms with Crippen LogP contribution in [0, 0.1) is 0 Å². The molecule has 0 bridgehead atoms. The second kappa shape index (κ2) is 3.28. The first-order chi connectivity index (χ1) is 5.57. The molecule has 0 aromatic rings. The van der Waals surface area contributed by atoms with Gasteiger partial charge in [-0.1, -0.05) is 0 Å². The van der Waals surface area contributed by atoms with E-state index < -0.39 is 11.7 Å². The van der Waals surface area contributed by atoms with Crippen LogP contribution in [0.15, 0.2) is 0 Å². The minimum Gasteiger partial charge on any atom is -0.465 e. The molecule has 5 heteroatoms. The third-order valence-electron chi connectivity index (χ3n) is 1.94. The number of nitrogens with zero attached hydrogens (tertiary/aromatic N) is 1. The number of amides is 1. The molecule has 5 nitrogen and oxygen atoms in total. The van der Waals surface area contributed by atoms with Crippen molar-refractivity contribution in [2.24, 2.45) is 0 Å². The quantitative estimate of drug-likeness (QED) is 0.576. The molecule has 1 aliphatic heterocycles. The molecule has 1 aliphatic rings. The summed E-state index contributed by atoms with van der Waals surface area (Å²) in [6, 6.07) is 0. The molecule has 1 fully saturated rings.